The maximum atomic E-state index is 13.6. The van der Waals surface area contributed by atoms with Gasteiger partial charge in [-0.25, -0.2) is 17.5 Å². The molecule has 0 aromatic heterocycles. The van der Waals surface area contributed by atoms with Gasteiger partial charge >= 0.3 is 0 Å². The van der Waals surface area contributed by atoms with Crippen molar-refractivity contribution in [2.45, 2.75) is 24.3 Å². The highest BCUT2D eigenvalue weighted by Gasteiger charge is 2.28. The summed E-state index contributed by atoms with van der Waals surface area (Å²) in [6.45, 7) is 3.09. The average molecular weight is 291 g/mol. The molecule has 0 radical (unpaired) electrons. The Labute approximate surface area is 109 Å². The van der Waals surface area contributed by atoms with E-state index < -0.39 is 36.9 Å². The number of halogens is 1. The molecule has 1 aromatic rings. The van der Waals surface area contributed by atoms with E-state index in [0.29, 0.717) is 6.07 Å². The molecule has 7 nitrogen and oxygen atoms in total. The molecule has 0 atom stereocenters. The molecule has 0 saturated heterocycles. The van der Waals surface area contributed by atoms with E-state index in [0.717, 1.165) is 12.1 Å². The van der Waals surface area contributed by atoms with Crippen molar-refractivity contribution in [3.05, 3.63) is 34.1 Å². The van der Waals surface area contributed by atoms with Crippen LogP contribution >= 0.6 is 0 Å². The lowest BCUT2D eigenvalue weighted by molar-refractivity contribution is -0.385. The Bertz CT molecular complexity index is 601. The summed E-state index contributed by atoms with van der Waals surface area (Å²) in [5.74, 6) is -1.19. The highest BCUT2D eigenvalue weighted by molar-refractivity contribution is 7.89. The van der Waals surface area contributed by atoms with Gasteiger partial charge in [-0.3, -0.25) is 10.1 Å². The number of non-ortho nitro benzene ring substituents is 1. The van der Waals surface area contributed by atoms with Crippen LogP contribution in [0.4, 0.5) is 10.1 Å². The van der Waals surface area contributed by atoms with Crippen LogP contribution < -0.4 is 10.5 Å². The predicted octanol–water partition coefficient (Wildman–Crippen LogP) is 0.750. The molecule has 106 valence electrons. The quantitative estimate of drug-likeness (QED) is 0.613. The van der Waals surface area contributed by atoms with E-state index in [4.69, 9.17) is 5.73 Å². The predicted molar refractivity (Wildman–Crippen MR) is 66.5 cm³/mol. The summed E-state index contributed by atoms with van der Waals surface area (Å²) < 4.78 is 39.7. The first-order chi connectivity index (χ1) is 8.59. The van der Waals surface area contributed by atoms with Crippen LogP contribution in [-0.2, 0) is 10.0 Å². The zero-order valence-corrected chi connectivity index (χ0v) is 11.2. The van der Waals surface area contributed by atoms with Gasteiger partial charge in [-0.05, 0) is 19.9 Å². The third kappa shape index (κ3) is 3.69. The van der Waals surface area contributed by atoms with Crippen molar-refractivity contribution in [2.75, 3.05) is 6.54 Å². The van der Waals surface area contributed by atoms with E-state index in [-0.39, 0.29) is 6.54 Å². The molecule has 0 saturated carbocycles. The molecule has 0 aliphatic heterocycles. The number of hydrogen-bond acceptors (Lipinski definition) is 5. The maximum absolute atomic E-state index is 13.6. The van der Waals surface area contributed by atoms with Crippen LogP contribution in [0, 0.1) is 15.9 Å². The molecular formula is C10H14FN3O4S. The monoisotopic (exact) mass is 291 g/mol. The second-order valence-corrected chi connectivity index (χ2v) is 6.22. The number of nitrogens with two attached hydrogens (primary N) is 1. The van der Waals surface area contributed by atoms with E-state index in [1.807, 2.05) is 0 Å². The zero-order chi connectivity index (χ0) is 14.8. The van der Waals surface area contributed by atoms with Crippen LogP contribution in [0.25, 0.3) is 0 Å². The van der Waals surface area contributed by atoms with E-state index in [2.05, 4.69) is 4.72 Å². The Morgan fingerprint density at radius 3 is 2.47 bits per heavy atom. The molecule has 3 N–H and O–H groups in total. The summed E-state index contributed by atoms with van der Waals surface area (Å²) >= 11 is 0. The van der Waals surface area contributed by atoms with Gasteiger partial charge in [-0.1, -0.05) is 0 Å². The van der Waals surface area contributed by atoms with Crippen LogP contribution in [-0.4, -0.2) is 25.4 Å². The largest absolute Gasteiger partial charge is 0.329 e. The van der Waals surface area contributed by atoms with Gasteiger partial charge in [0.2, 0.25) is 10.0 Å². The minimum Gasteiger partial charge on any atom is -0.329 e. The number of hydrogen-bond donors (Lipinski definition) is 2. The smallest absolute Gasteiger partial charge is 0.272 e. The van der Waals surface area contributed by atoms with Gasteiger partial charge in [-0.2, -0.15) is 0 Å². The van der Waals surface area contributed by atoms with Crippen LogP contribution in [0.5, 0.6) is 0 Å². The van der Waals surface area contributed by atoms with Crippen molar-refractivity contribution in [1.29, 1.82) is 0 Å². The Kier molecular flexibility index (Phi) is 4.23. The van der Waals surface area contributed by atoms with Crippen molar-refractivity contribution < 1.29 is 17.7 Å². The van der Waals surface area contributed by atoms with Gasteiger partial charge in [0.15, 0.2) is 0 Å². The minimum absolute atomic E-state index is 0.0147. The fourth-order valence-corrected chi connectivity index (χ4v) is 2.77. The van der Waals surface area contributed by atoms with Gasteiger partial charge in [0.05, 0.1) is 11.0 Å². The van der Waals surface area contributed by atoms with Gasteiger partial charge in [0.25, 0.3) is 5.69 Å². The van der Waals surface area contributed by atoms with E-state index in [9.17, 15) is 22.9 Å². The standard InChI is InChI=1S/C10H14FN3O4S/c1-10(2,6-12)13-19(17,18)9-4-3-7(14(15)16)5-8(9)11/h3-5,13H,6,12H2,1-2H3. The first kappa shape index (κ1) is 15.5. The second-order valence-electron chi connectivity index (χ2n) is 4.57. The molecule has 0 aliphatic rings. The molecule has 9 heteroatoms. The van der Waals surface area contributed by atoms with E-state index in [1.54, 1.807) is 0 Å². The first-order valence-corrected chi connectivity index (χ1v) is 6.75. The number of nitro groups is 1. The van der Waals surface area contributed by atoms with Crippen LogP contribution in [0.3, 0.4) is 0 Å². The summed E-state index contributed by atoms with van der Waals surface area (Å²) in [5.41, 5.74) is 3.91. The number of nitrogens with one attached hydrogen (secondary N) is 1. The molecule has 19 heavy (non-hydrogen) atoms. The molecule has 1 aromatic carbocycles. The number of sulfonamides is 1. The van der Waals surface area contributed by atoms with E-state index >= 15 is 0 Å². The summed E-state index contributed by atoms with van der Waals surface area (Å²) in [5, 5.41) is 10.4. The lowest BCUT2D eigenvalue weighted by Gasteiger charge is -2.23. The Morgan fingerprint density at radius 1 is 1.47 bits per heavy atom. The number of rotatable bonds is 5. The summed E-state index contributed by atoms with van der Waals surface area (Å²) in [6.07, 6.45) is 0. The lowest BCUT2D eigenvalue weighted by Crippen LogP contribution is -2.48. The summed E-state index contributed by atoms with van der Waals surface area (Å²) in [6, 6.07) is 2.33. The van der Waals surface area contributed by atoms with Gasteiger partial charge in [0, 0.05) is 18.2 Å². The van der Waals surface area contributed by atoms with E-state index in [1.165, 1.54) is 13.8 Å². The molecule has 1 rings (SSSR count). The van der Waals surface area contributed by atoms with Crippen molar-refractivity contribution in [3.63, 3.8) is 0 Å². The molecule has 0 amide bonds. The third-order valence-corrected chi connectivity index (χ3v) is 4.07. The van der Waals surface area contributed by atoms with Crippen LogP contribution in [0.2, 0.25) is 0 Å². The van der Waals surface area contributed by atoms with Gasteiger partial charge < -0.3 is 5.73 Å². The minimum atomic E-state index is -4.13. The average Bonchev–Trinajstić information content (AvgIpc) is 2.27. The number of nitrogens with zero attached hydrogens (tertiary/aromatic N) is 1. The van der Waals surface area contributed by atoms with Crippen LogP contribution in [0.1, 0.15) is 13.8 Å². The molecule has 0 aliphatic carbocycles. The molecule has 0 bridgehead atoms. The van der Waals surface area contributed by atoms with Crippen LogP contribution in [0.15, 0.2) is 23.1 Å². The first-order valence-electron chi connectivity index (χ1n) is 5.27. The number of nitro benzene ring substituents is 1. The van der Waals surface area contributed by atoms with Crippen molar-refractivity contribution >= 4 is 15.7 Å². The molecule has 0 fully saturated rings. The normalized spacial score (nSPS) is 12.4. The number of benzene rings is 1. The zero-order valence-electron chi connectivity index (χ0n) is 10.4. The van der Waals surface area contributed by atoms with Crippen molar-refractivity contribution in [1.82, 2.24) is 4.72 Å². The highest BCUT2D eigenvalue weighted by Crippen LogP contribution is 2.21. The maximum Gasteiger partial charge on any atom is 0.272 e. The fraction of sp³-hybridized carbons (Fsp3) is 0.400. The Morgan fingerprint density at radius 2 is 2.05 bits per heavy atom. The van der Waals surface area contributed by atoms with Gasteiger partial charge in [0.1, 0.15) is 10.7 Å². The molecular weight excluding hydrogens is 277 g/mol. The summed E-state index contributed by atoms with van der Waals surface area (Å²) in [7, 11) is -4.13. The lowest BCUT2D eigenvalue weighted by atomic mass is 10.1. The van der Waals surface area contributed by atoms with Crippen molar-refractivity contribution in [2.24, 2.45) is 5.73 Å². The van der Waals surface area contributed by atoms with Gasteiger partial charge in [-0.15, -0.1) is 0 Å². The molecule has 0 spiro atoms. The molecule has 0 unspecified atom stereocenters. The molecule has 0 heterocycles. The summed E-state index contributed by atoms with van der Waals surface area (Å²) in [4.78, 5) is 8.98. The third-order valence-electron chi connectivity index (χ3n) is 2.34. The van der Waals surface area contributed by atoms with Crippen molar-refractivity contribution in [3.8, 4) is 0 Å². The fourth-order valence-electron chi connectivity index (χ4n) is 1.28. The SMILES string of the molecule is CC(C)(CN)NS(=O)(=O)c1ccc([N+](=O)[O-])cc1F. The Hall–Kier alpha value is -1.58. The highest BCUT2D eigenvalue weighted by atomic mass is 32.2. The second kappa shape index (κ2) is 5.19. The topological polar surface area (TPSA) is 115 Å². The Balaban J connectivity index is 3.20.